The first-order valence-electron chi connectivity index (χ1n) is 6.31. The zero-order chi connectivity index (χ0) is 14.4. The average Bonchev–Trinajstić information content (AvgIpc) is 2.77. The molecule has 5 heteroatoms. The standard InChI is InChI=1S/C15H17N3O2/c1-19-7-8-20-15-14(17)9-13(10-16)18(15)11-12-5-3-2-4-6-12/h2-6,9H,7-8,11,17H2,1H3. The molecule has 2 N–H and O–H groups in total. The van der Waals surface area contributed by atoms with E-state index in [-0.39, 0.29) is 0 Å². The van der Waals surface area contributed by atoms with Gasteiger partial charge in [0.05, 0.1) is 18.8 Å². The van der Waals surface area contributed by atoms with Gasteiger partial charge < -0.3 is 15.2 Å². The highest BCUT2D eigenvalue weighted by Gasteiger charge is 2.14. The molecule has 0 atom stereocenters. The summed E-state index contributed by atoms with van der Waals surface area (Å²) in [6.07, 6.45) is 0. The lowest BCUT2D eigenvalue weighted by Crippen LogP contribution is -2.11. The summed E-state index contributed by atoms with van der Waals surface area (Å²) in [4.78, 5) is 0. The van der Waals surface area contributed by atoms with Crippen molar-refractivity contribution in [3.8, 4) is 11.9 Å². The predicted molar refractivity (Wildman–Crippen MR) is 76.5 cm³/mol. The second-order valence-corrected chi connectivity index (χ2v) is 4.31. The van der Waals surface area contributed by atoms with E-state index >= 15 is 0 Å². The molecular weight excluding hydrogens is 254 g/mol. The molecule has 0 spiro atoms. The van der Waals surface area contributed by atoms with E-state index < -0.39 is 0 Å². The Hall–Kier alpha value is -2.45. The maximum absolute atomic E-state index is 9.20. The number of rotatable bonds is 6. The van der Waals surface area contributed by atoms with Gasteiger partial charge in [-0.05, 0) is 5.56 Å². The number of anilines is 1. The van der Waals surface area contributed by atoms with Crippen molar-refractivity contribution in [2.45, 2.75) is 6.54 Å². The number of aromatic nitrogens is 1. The highest BCUT2D eigenvalue weighted by molar-refractivity contribution is 5.55. The fourth-order valence-electron chi connectivity index (χ4n) is 1.95. The number of nitrogens with two attached hydrogens (primary N) is 1. The fraction of sp³-hybridized carbons (Fsp3) is 0.267. The van der Waals surface area contributed by atoms with Crippen molar-refractivity contribution in [2.24, 2.45) is 0 Å². The zero-order valence-corrected chi connectivity index (χ0v) is 11.4. The monoisotopic (exact) mass is 271 g/mol. The number of hydrogen-bond acceptors (Lipinski definition) is 4. The molecule has 0 radical (unpaired) electrons. The highest BCUT2D eigenvalue weighted by atomic mass is 16.5. The Morgan fingerprint density at radius 2 is 2.00 bits per heavy atom. The van der Waals surface area contributed by atoms with Crippen LogP contribution < -0.4 is 10.5 Å². The van der Waals surface area contributed by atoms with E-state index in [4.69, 9.17) is 15.2 Å². The van der Waals surface area contributed by atoms with Crippen molar-refractivity contribution in [1.82, 2.24) is 4.57 Å². The average molecular weight is 271 g/mol. The van der Waals surface area contributed by atoms with Gasteiger partial charge in [0.2, 0.25) is 5.88 Å². The molecule has 1 heterocycles. The van der Waals surface area contributed by atoms with Crippen molar-refractivity contribution in [2.75, 3.05) is 26.1 Å². The Kier molecular flexibility index (Phi) is 4.64. The van der Waals surface area contributed by atoms with Gasteiger partial charge in [0.15, 0.2) is 0 Å². The third kappa shape index (κ3) is 3.11. The van der Waals surface area contributed by atoms with Crippen LogP contribution in [-0.2, 0) is 11.3 Å². The summed E-state index contributed by atoms with van der Waals surface area (Å²) in [5.74, 6) is 0.516. The molecular formula is C15H17N3O2. The Morgan fingerprint density at radius 1 is 1.25 bits per heavy atom. The summed E-state index contributed by atoms with van der Waals surface area (Å²) in [5.41, 5.74) is 7.95. The Bertz CT molecular complexity index is 600. The summed E-state index contributed by atoms with van der Waals surface area (Å²) >= 11 is 0. The minimum absolute atomic E-state index is 0.393. The van der Waals surface area contributed by atoms with Gasteiger partial charge in [0.25, 0.3) is 0 Å². The van der Waals surface area contributed by atoms with Crippen molar-refractivity contribution in [3.05, 3.63) is 47.7 Å². The number of nitriles is 1. The van der Waals surface area contributed by atoms with Crippen LogP contribution in [0, 0.1) is 11.3 Å². The third-order valence-electron chi connectivity index (χ3n) is 2.90. The van der Waals surface area contributed by atoms with Crippen LogP contribution in [0.3, 0.4) is 0 Å². The second kappa shape index (κ2) is 6.64. The molecule has 0 aliphatic carbocycles. The van der Waals surface area contributed by atoms with E-state index in [1.54, 1.807) is 17.7 Å². The second-order valence-electron chi connectivity index (χ2n) is 4.31. The Labute approximate surface area is 118 Å². The molecule has 0 unspecified atom stereocenters. The largest absolute Gasteiger partial charge is 0.475 e. The molecule has 104 valence electrons. The quantitative estimate of drug-likeness (QED) is 0.816. The van der Waals surface area contributed by atoms with E-state index in [0.29, 0.717) is 37.0 Å². The molecule has 2 aromatic rings. The molecule has 2 rings (SSSR count). The van der Waals surface area contributed by atoms with E-state index in [9.17, 15) is 5.26 Å². The topological polar surface area (TPSA) is 73.2 Å². The molecule has 0 saturated carbocycles. The molecule has 0 bridgehead atoms. The van der Waals surface area contributed by atoms with Gasteiger partial charge in [-0.15, -0.1) is 0 Å². The van der Waals surface area contributed by atoms with Gasteiger partial charge >= 0.3 is 0 Å². The molecule has 0 amide bonds. The van der Waals surface area contributed by atoms with Crippen molar-refractivity contribution >= 4 is 5.69 Å². The van der Waals surface area contributed by atoms with Gasteiger partial charge in [-0.3, -0.25) is 4.57 Å². The van der Waals surface area contributed by atoms with Crippen LogP contribution in [0.4, 0.5) is 5.69 Å². The summed E-state index contributed by atoms with van der Waals surface area (Å²) in [7, 11) is 1.61. The summed E-state index contributed by atoms with van der Waals surface area (Å²) in [6.45, 7) is 1.41. The molecule has 0 aliphatic heterocycles. The lowest BCUT2D eigenvalue weighted by molar-refractivity contribution is 0.142. The fourth-order valence-corrected chi connectivity index (χ4v) is 1.95. The van der Waals surface area contributed by atoms with Gasteiger partial charge in [0, 0.05) is 13.2 Å². The van der Waals surface area contributed by atoms with Gasteiger partial charge in [-0.25, -0.2) is 0 Å². The van der Waals surface area contributed by atoms with E-state index in [2.05, 4.69) is 6.07 Å². The van der Waals surface area contributed by atoms with Crippen LogP contribution in [0.5, 0.6) is 5.88 Å². The molecule has 0 aliphatic rings. The van der Waals surface area contributed by atoms with Crippen LogP contribution in [0.25, 0.3) is 0 Å². The number of methoxy groups -OCH3 is 1. The SMILES string of the molecule is COCCOc1c(N)cc(C#N)n1Cc1ccccc1. The first-order valence-corrected chi connectivity index (χ1v) is 6.31. The van der Waals surface area contributed by atoms with Crippen LogP contribution in [0.15, 0.2) is 36.4 Å². The van der Waals surface area contributed by atoms with Crippen LogP contribution in [-0.4, -0.2) is 24.9 Å². The number of nitrogens with zero attached hydrogens (tertiary/aromatic N) is 2. The highest BCUT2D eigenvalue weighted by Crippen LogP contribution is 2.27. The normalized spacial score (nSPS) is 10.2. The van der Waals surface area contributed by atoms with Crippen molar-refractivity contribution in [1.29, 1.82) is 5.26 Å². The number of nitrogen functional groups attached to an aromatic ring is 1. The van der Waals surface area contributed by atoms with E-state index in [0.717, 1.165) is 5.56 Å². The summed E-state index contributed by atoms with van der Waals surface area (Å²) in [5, 5.41) is 9.20. The van der Waals surface area contributed by atoms with Crippen LogP contribution in [0.2, 0.25) is 0 Å². The van der Waals surface area contributed by atoms with Gasteiger partial charge in [-0.2, -0.15) is 5.26 Å². The molecule has 5 nitrogen and oxygen atoms in total. The first-order chi connectivity index (χ1) is 9.76. The van der Waals surface area contributed by atoms with E-state index in [1.807, 2.05) is 30.3 Å². The van der Waals surface area contributed by atoms with Crippen molar-refractivity contribution in [3.63, 3.8) is 0 Å². The lowest BCUT2D eigenvalue weighted by Gasteiger charge is -2.12. The zero-order valence-electron chi connectivity index (χ0n) is 11.4. The minimum atomic E-state index is 0.393. The number of benzene rings is 1. The number of hydrogen-bond donors (Lipinski definition) is 1. The van der Waals surface area contributed by atoms with Gasteiger partial charge in [0.1, 0.15) is 18.4 Å². The minimum Gasteiger partial charge on any atom is -0.475 e. The Morgan fingerprint density at radius 3 is 2.65 bits per heavy atom. The van der Waals surface area contributed by atoms with Gasteiger partial charge in [-0.1, -0.05) is 30.3 Å². The lowest BCUT2D eigenvalue weighted by atomic mass is 10.2. The predicted octanol–water partition coefficient (Wildman–Crippen LogP) is 2.02. The number of ether oxygens (including phenoxy) is 2. The summed E-state index contributed by atoms with van der Waals surface area (Å²) < 4.78 is 12.4. The maximum atomic E-state index is 9.20. The molecule has 1 aromatic heterocycles. The molecule has 0 saturated heterocycles. The molecule has 0 fully saturated rings. The third-order valence-corrected chi connectivity index (χ3v) is 2.90. The first kappa shape index (κ1) is 14.0. The summed E-state index contributed by atoms with van der Waals surface area (Å²) in [6, 6.07) is 13.6. The molecule has 1 aromatic carbocycles. The maximum Gasteiger partial charge on any atom is 0.218 e. The van der Waals surface area contributed by atoms with Crippen LogP contribution >= 0.6 is 0 Å². The van der Waals surface area contributed by atoms with Crippen molar-refractivity contribution < 1.29 is 9.47 Å². The molecule has 20 heavy (non-hydrogen) atoms. The van der Waals surface area contributed by atoms with Crippen LogP contribution in [0.1, 0.15) is 11.3 Å². The Balaban J connectivity index is 2.27. The smallest absolute Gasteiger partial charge is 0.218 e. The van der Waals surface area contributed by atoms with E-state index in [1.165, 1.54) is 0 Å².